The first-order chi connectivity index (χ1) is 16.9. The predicted molar refractivity (Wildman–Crippen MR) is 147 cm³/mol. The molecule has 3 amide bonds. The summed E-state index contributed by atoms with van der Waals surface area (Å²) in [6, 6.07) is 2.98. The smallest absolute Gasteiger partial charge is 0.408 e. The minimum Gasteiger partial charge on any atom is -0.508 e. The van der Waals surface area contributed by atoms with Gasteiger partial charge in [0.05, 0.1) is 0 Å². The fourth-order valence-electron chi connectivity index (χ4n) is 4.21. The highest BCUT2D eigenvalue weighted by Crippen LogP contribution is 2.33. The Morgan fingerprint density at radius 3 is 2.08 bits per heavy atom. The van der Waals surface area contributed by atoms with Crippen molar-refractivity contribution < 1.29 is 24.2 Å². The van der Waals surface area contributed by atoms with E-state index in [1.54, 1.807) is 44.7 Å². The van der Waals surface area contributed by atoms with Gasteiger partial charge in [0.25, 0.3) is 0 Å². The van der Waals surface area contributed by atoms with Gasteiger partial charge in [0.1, 0.15) is 23.4 Å². The summed E-state index contributed by atoms with van der Waals surface area (Å²) in [4.78, 5) is 42.4. The van der Waals surface area contributed by atoms with Gasteiger partial charge in [-0.1, -0.05) is 39.7 Å². The van der Waals surface area contributed by atoms with Crippen molar-refractivity contribution in [1.29, 1.82) is 0 Å². The lowest BCUT2D eigenvalue weighted by Gasteiger charge is -2.44. The molecule has 0 saturated carbocycles. The van der Waals surface area contributed by atoms with Crippen molar-refractivity contribution in [1.82, 2.24) is 15.5 Å². The molecule has 1 aromatic carbocycles. The fraction of sp³-hybridized carbons (Fsp3) is 0.690. The lowest BCUT2D eigenvalue weighted by molar-refractivity contribution is -0.149. The van der Waals surface area contributed by atoms with Crippen LogP contribution in [-0.2, 0) is 14.3 Å². The summed E-state index contributed by atoms with van der Waals surface area (Å²) in [5, 5.41) is 16.0. The SMILES string of the molecule is CCCC(C)NC(=O)C(c1ccc(O)c(C)c1)N(C(=O)C(NC(=O)OC(C)(C)C)C(C)CC)C(C)(C)C. The van der Waals surface area contributed by atoms with Gasteiger partial charge in [-0.25, -0.2) is 4.79 Å². The maximum atomic E-state index is 14.3. The lowest BCUT2D eigenvalue weighted by Crippen LogP contribution is -2.60. The molecule has 0 saturated heterocycles. The Balaban J connectivity index is 3.65. The van der Waals surface area contributed by atoms with Crippen LogP contribution in [0.4, 0.5) is 4.79 Å². The van der Waals surface area contributed by atoms with E-state index in [2.05, 4.69) is 10.6 Å². The zero-order valence-corrected chi connectivity index (χ0v) is 24.7. The number of amides is 3. The average Bonchev–Trinajstić information content (AvgIpc) is 2.74. The number of carbonyl (C=O) groups excluding carboxylic acids is 3. The molecule has 4 unspecified atom stereocenters. The van der Waals surface area contributed by atoms with Crippen molar-refractivity contribution in [2.45, 2.75) is 125 Å². The van der Waals surface area contributed by atoms with Gasteiger partial charge >= 0.3 is 6.09 Å². The summed E-state index contributed by atoms with van der Waals surface area (Å²) in [7, 11) is 0. The molecule has 0 aromatic heterocycles. The molecule has 0 aliphatic heterocycles. The van der Waals surface area contributed by atoms with Gasteiger partial charge in [0.15, 0.2) is 0 Å². The number of phenols is 1. The molecule has 0 radical (unpaired) electrons. The number of nitrogens with zero attached hydrogens (tertiary/aromatic N) is 1. The van der Waals surface area contributed by atoms with Crippen LogP contribution in [0.3, 0.4) is 0 Å². The Labute approximate surface area is 223 Å². The average molecular weight is 520 g/mol. The Bertz CT molecular complexity index is 932. The predicted octanol–water partition coefficient (Wildman–Crippen LogP) is 5.61. The molecule has 0 fully saturated rings. The molecule has 0 heterocycles. The second-order valence-corrected chi connectivity index (χ2v) is 12.0. The van der Waals surface area contributed by atoms with E-state index in [1.807, 2.05) is 48.5 Å². The number of alkyl carbamates (subject to hydrolysis) is 1. The van der Waals surface area contributed by atoms with E-state index in [-0.39, 0.29) is 29.5 Å². The van der Waals surface area contributed by atoms with Crippen molar-refractivity contribution in [3.8, 4) is 5.75 Å². The highest BCUT2D eigenvalue weighted by atomic mass is 16.6. The number of phenolic OH excluding ortho intramolecular Hbond substituents is 1. The van der Waals surface area contributed by atoms with E-state index in [9.17, 15) is 19.5 Å². The van der Waals surface area contributed by atoms with Gasteiger partial charge in [-0.15, -0.1) is 0 Å². The molecule has 4 atom stereocenters. The maximum Gasteiger partial charge on any atom is 0.408 e. The Kier molecular flexibility index (Phi) is 11.5. The summed E-state index contributed by atoms with van der Waals surface area (Å²) in [6.45, 7) is 20.5. The zero-order valence-electron chi connectivity index (χ0n) is 24.7. The fourth-order valence-corrected chi connectivity index (χ4v) is 4.21. The standard InChI is InChI=1S/C29H49N3O5/c1-12-14-20(5)30-25(34)24(21-15-16-22(33)19(4)17-21)32(28(6,7)8)26(35)23(18(3)13-2)31-27(36)37-29(9,10)11/h15-18,20,23-24,33H,12-14H2,1-11H3,(H,30,34)(H,31,36). The number of carbonyl (C=O) groups is 3. The number of aromatic hydroxyl groups is 1. The summed E-state index contributed by atoms with van der Waals surface area (Å²) in [6.07, 6.45) is 1.65. The minimum absolute atomic E-state index is 0.0830. The van der Waals surface area contributed by atoms with E-state index in [0.29, 0.717) is 17.5 Å². The van der Waals surface area contributed by atoms with Crippen LogP contribution < -0.4 is 10.6 Å². The summed E-state index contributed by atoms with van der Waals surface area (Å²) in [5.74, 6) is -0.787. The van der Waals surface area contributed by atoms with Gasteiger partial charge in [-0.3, -0.25) is 9.59 Å². The molecule has 8 heteroatoms. The molecule has 0 aliphatic carbocycles. The third-order valence-electron chi connectivity index (χ3n) is 6.26. The van der Waals surface area contributed by atoms with Gasteiger partial charge in [-0.05, 0) is 91.0 Å². The third kappa shape index (κ3) is 9.56. The van der Waals surface area contributed by atoms with E-state index >= 15 is 0 Å². The normalized spacial score (nSPS) is 15.2. The Morgan fingerprint density at radius 1 is 1.03 bits per heavy atom. The molecular formula is C29H49N3O5. The van der Waals surface area contributed by atoms with Gasteiger partial charge in [-0.2, -0.15) is 0 Å². The first-order valence-electron chi connectivity index (χ1n) is 13.3. The van der Waals surface area contributed by atoms with Crippen LogP contribution >= 0.6 is 0 Å². The van der Waals surface area contributed by atoms with Gasteiger partial charge < -0.3 is 25.4 Å². The molecule has 8 nitrogen and oxygen atoms in total. The first kappa shape index (κ1) is 32.3. The lowest BCUT2D eigenvalue weighted by atomic mass is 9.91. The first-order valence-corrected chi connectivity index (χ1v) is 13.3. The van der Waals surface area contributed by atoms with Crippen molar-refractivity contribution >= 4 is 17.9 Å². The van der Waals surface area contributed by atoms with Crippen LogP contribution in [-0.4, -0.2) is 51.1 Å². The number of hydrogen-bond acceptors (Lipinski definition) is 5. The van der Waals surface area contributed by atoms with Gasteiger partial charge in [0.2, 0.25) is 11.8 Å². The van der Waals surface area contributed by atoms with E-state index in [4.69, 9.17) is 4.74 Å². The van der Waals surface area contributed by atoms with Crippen LogP contribution in [0.15, 0.2) is 18.2 Å². The second kappa shape index (κ2) is 13.2. The number of hydrogen-bond donors (Lipinski definition) is 3. The van der Waals surface area contributed by atoms with Crippen molar-refractivity contribution in [2.75, 3.05) is 0 Å². The molecular weight excluding hydrogens is 470 g/mol. The molecule has 1 aromatic rings. The molecule has 0 aliphatic rings. The second-order valence-electron chi connectivity index (χ2n) is 12.0. The summed E-state index contributed by atoms with van der Waals surface area (Å²) < 4.78 is 5.45. The number of nitrogens with one attached hydrogen (secondary N) is 2. The quantitative estimate of drug-likeness (QED) is 0.372. The molecule has 0 bridgehead atoms. The van der Waals surface area contributed by atoms with Crippen molar-refractivity contribution in [2.24, 2.45) is 5.92 Å². The molecule has 210 valence electrons. The van der Waals surface area contributed by atoms with Crippen LogP contribution in [0, 0.1) is 12.8 Å². The number of rotatable bonds is 10. The molecule has 37 heavy (non-hydrogen) atoms. The van der Waals surface area contributed by atoms with Gasteiger partial charge in [0, 0.05) is 11.6 Å². The number of aryl methyl sites for hydroxylation is 1. The van der Waals surface area contributed by atoms with E-state index in [1.165, 1.54) is 6.07 Å². The van der Waals surface area contributed by atoms with Crippen LogP contribution in [0.25, 0.3) is 0 Å². The molecule has 1 rings (SSSR count). The zero-order chi connectivity index (χ0) is 28.7. The number of benzene rings is 1. The largest absolute Gasteiger partial charge is 0.508 e. The summed E-state index contributed by atoms with van der Waals surface area (Å²) in [5.41, 5.74) is -0.318. The molecule has 3 N–H and O–H groups in total. The van der Waals surface area contributed by atoms with E-state index < -0.39 is 29.3 Å². The topological polar surface area (TPSA) is 108 Å². The Hall–Kier alpha value is -2.77. The van der Waals surface area contributed by atoms with Crippen molar-refractivity contribution in [3.63, 3.8) is 0 Å². The monoisotopic (exact) mass is 519 g/mol. The van der Waals surface area contributed by atoms with E-state index in [0.717, 1.165) is 12.8 Å². The third-order valence-corrected chi connectivity index (χ3v) is 6.26. The molecule has 0 spiro atoms. The van der Waals surface area contributed by atoms with Crippen molar-refractivity contribution in [3.05, 3.63) is 29.3 Å². The van der Waals surface area contributed by atoms with Crippen LogP contribution in [0.5, 0.6) is 5.75 Å². The summed E-state index contributed by atoms with van der Waals surface area (Å²) >= 11 is 0. The Morgan fingerprint density at radius 2 is 1.62 bits per heavy atom. The highest BCUT2D eigenvalue weighted by molar-refractivity contribution is 5.93. The van der Waals surface area contributed by atoms with Crippen LogP contribution in [0.2, 0.25) is 0 Å². The maximum absolute atomic E-state index is 14.3. The van der Waals surface area contributed by atoms with Crippen LogP contribution in [0.1, 0.15) is 106 Å². The highest BCUT2D eigenvalue weighted by Gasteiger charge is 2.43. The minimum atomic E-state index is -0.974. The number of ether oxygens (including phenoxy) is 1.